The number of halogens is 4. The number of hydrogen-bond acceptors (Lipinski definition) is 1. The Morgan fingerprint density at radius 2 is 1.24 bits per heavy atom. The number of ether oxygens (including phenoxy) is 1. The molecule has 0 amide bonds. The molecule has 248 valence electrons. The molecule has 0 N–H and O–H groups in total. The van der Waals surface area contributed by atoms with Crippen LogP contribution in [0, 0.1) is 41.0 Å². The molecule has 0 aromatic heterocycles. The molecular weight excluding hydrogens is 584 g/mol. The monoisotopic (exact) mass is 634 g/mol. The second-order valence-corrected chi connectivity index (χ2v) is 13.6. The second kappa shape index (κ2) is 16.7. The van der Waals surface area contributed by atoms with Gasteiger partial charge in [0.15, 0.2) is 23.2 Å². The van der Waals surface area contributed by atoms with Crippen molar-refractivity contribution in [2.75, 3.05) is 6.61 Å². The summed E-state index contributed by atoms with van der Waals surface area (Å²) in [4.78, 5) is 0. The van der Waals surface area contributed by atoms with E-state index in [1.54, 1.807) is 36.4 Å². The molecule has 0 unspecified atom stereocenters. The molecule has 3 aromatic carbocycles. The molecule has 5 rings (SSSR count). The van der Waals surface area contributed by atoms with Gasteiger partial charge in [0, 0.05) is 11.1 Å². The lowest BCUT2D eigenvalue weighted by molar-refractivity contribution is 0.156. The van der Waals surface area contributed by atoms with E-state index in [0.29, 0.717) is 29.2 Å². The lowest BCUT2D eigenvalue weighted by atomic mass is 9.68. The smallest absolute Gasteiger partial charge is 0.201 e. The average molecular weight is 635 g/mol. The number of rotatable bonds is 13. The summed E-state index contributed by atoms with van der Waals surface area (Å²) in [5.41, 5.74) is 1.69. The summed E-state index contributed by atoms with van der Waals surface area (Å²) in [5, 5.41) is 0. The van der Waals surface area contributed by atoms with E-state index < -0.39 is 23.3 Å². The highest BCUT2D eigenvalue weighted by molar-refractivity contribution is 5.72. The summed E-state index contributed by atoms with van der Waals surface area (Å²) in [7, 11) is 0. The van der Waals surface area contributed by atoms with Gasteiger partial charge < -0.3 is 4.74 Å². The standard InChI is InChI=1S/C41H50F4O/c1-3-5-7-9-27-46-37-26-25-36(40(44)41(37)45)33-21-19-32(20-22-33)35-24-23-34(38(42)39(35)43)31-17-15-30(16-18-31)29-13-11-28(12-14-29)10-8-6-4-2/h4,6,19-26,28-31H,3,5,7-18,27H2,1-2H3. The van der Waals surface area contributed by atoms with Gasteiger partial charge in [-0.3, -0.25) is 0 Å². The zero-order chi connectivity index (χ0) is 32.5. The first kappa shape index (κ1) is 34.3. The number of benzene rings is 3. The van der Waals surface area contributed by atoms with Crippen molar-refractivity contribution in [3.63, 3.8) is 0 Å². The van der Waals surface area contributed by atoms with E-state index in [9.17, 15) is 8.78 Å². The Kier molecular flexibility index (Phi) is 12.4. The molecule has 0 radical (unpaired) electrons. The van der Waals surface area contributed by atoms with Crippen molar-refractivity contribution in [2.24, 2.45) is 17.8 Å². The van der Waals surface area contributed by atoms with Crippen LogP contribution in [0.1, 0.15) is 115 Å². The van der Waals surface area contributed by atoms with Gasteiger partial charge in [-0.05, 0) is 117 Å². The Bertz CT molecular complexity index is 1430. The van der Waals surface area contributed by atoms with E-state index in [0.717, 1.165) is 63.2 Å². The van der Waals surface area contributed by atoms with E-state index in [1.807, 2.05) is 0 Å². The van der Waals surface area contributed by atoms with Crippen molar-refractivity contribution in [3.8, 4) is 28.0 Å². The van der Waals surface area contributed by atoms with Gasteiger partial charge in [-0.15, -0.1) is 0 Å². The molecule has 2 aliphatic rings. The summed E-state index contributed by atoms with van der Waals surface area (Å²) >= 11 is 0. The van der Waals surface area contributed by atoms with Crippen LogP contribution in [0.5, 0.6) is 5.75 Å². The number of allylic oxidation sites excluding steroid dienone is 2. The van der Waals surface area contributed by atoms with Gasteiger partial charge >= 0.3 is 0 Å². The van der Waals surface area contributed by atoms with Crippen molar-refractivity contribution < 1.29 is 22.3 Å². The van der Waals surface area contributed by atoms with Crippen LogP contribution in [0.15, 0.2) is 60.7 Å². The zero-order valence-corrected chi connectivity index (χ0v) is 27.6. The summed E-state index contributed by atoms with van der Waals surface area (Å²) in [6.07, 6.45) is 20.1. The van der Waals surface area contributed by atoms with Crippen molar-refractivity contribution in [3.05, 3.63) is 89.5 Å². The van der Waals surface area contributed by atoms with Crippen LogP contribution < -0.4 is 4.74 Å². The zero-order valence-electron chi connectivity index (χ0n) is 27.6. The van der Waals surface area contributed by atoms with Crippen LogP contribution in [0.25, 0.3) is 22.3 Å². The fourth-order valence-electron chi connectivity index (χ4n) is 7.86. The maximum absolute atomic E-state index is 15.5. The minimum atomic E-state index is -1.02. The van der Waals surface area contributed by atoms with Crippen molar-refractivity contribution >= 4 is 0 Å². The topological polar surface area (TPSA) is 9.23 Å². The van der Waals surface area contributed by atoms with E-state index in [1.165, 1.54) is 50.7 Å². The predicted octanol–water partition coefficient (Wildman–Crippen LogP) is 13.0. The Morgan fingerprint density at radius 3 is 1.85 bits per heavy atom. The number of hydrogen-bond donors (Lipinski definition) is 0. The maximum atomic E-state index is 15.5. The molecule has 0 heterocycles. The molecule has 0 aliphatic heterocycles. The molecule has 5 heteroatoms. The molecule has 46 heavy (non-hydrogen) atoms. The van der Waals surface area contributed by atoms with Gasteiger partial charge in [-0.1, -0.05) is 87.6 Å². The molecule has 0 spiro atoms. The molecule has 2 saturated carbocycles. The van der Waals surface area contributed by atoms with Gasteiger partial charge in [0.1, 0.15) is 0 Å². The highest BCUT2D eigenvalue weighted by atomic mass is 19.2. The normalized spacial score (nSPS) is 22.0. The van der Waals surface area contributed by atoms with Crippen molar-refractivity contribution in [1.82, 2.24) is 0 Å². The summed E-state index contributed by atoms with van der Waals surface area (Å²) < 4.78 is 66.1. The molecular formula is C41H50F4O. The molecule has 3 aromatic rings. The van der Waals surface area contributed by atoms with E-state index in [-0.39, 0.29) is 22.8 Å². The van der Waals surface area contributed by atoms with Gasteiger partial charge in [-0.25, -0.2) is 13.2 Å². The van der Waals surface area contributed by atoms with Crippen molar-refractivity contribution in [2.45, 2.75) is 110 Å². The van der Waals surface area contributed by atoms with Crippen LogP contribution in [0.4, 0.5) is 17.6 Å². The maximum Gasteiger partial charge on any atom is 0.201 e. The lowest BCUT2D eigenvalue weighted by Crippen LogP contribution is -2.25. The summed E-state index contributed by atoms with van der Waals surface area (Å²) in [6, 6.07) is 12.8. The molecule has 2 fully saturated rings. The minimum Gasteiger partial charge on any atom is -0.490 e. The van der Waals surface area contributed by atoms with Crippen LogP contribution in [-0.4, -0.2) is 6.61 Å². The first-order valence-corrected chi connectivity index (χ1v) is 17.7. The summed E-state index contributed by atoms with van der Waals surface area (Å²) in [5.74, 6) is -1.32. The third-order valence-electron chi connectivity index (χ3n) is 10.7. The largest absolute Gasteiger partial charge is 0.490 e. The van der Waals surface area contributed by atoms with Crippen LogP contribution >= 0.6 is 0 Å². The highest BCUT2D eigenvalue weighted by Gasteiger charge is 2.32. The first-order valence-electron chi connectivity index (χ1n) is 17.7. The van der Waals surface area contributed by atoms with Crippen LogP contribution in [0.2, 0.25) is 0 Å². The van der Waals surface area contributed by atoms with Crippen molar-refractivity contribution in [1.29, 1.82) is 0 Å². The Labute approximate surface area is 273 Å². The Hall–Kier alpha value is -3.08. The average Bonchev–Trinajstić information content (AvgIpc) is 3.08. The third-order valence-corrected chi connectivity index (χ3v) is 10.7. The van der Waals surface area contributed by atoms with Gasteiger partial charge in [0.25, 0.3) is 0 Å². The molecule has 0 atom stereocenters. The fourth-order valence-corrected chi connectivity index (χ4v) is 7.86. The van der Waals surface area contributed by atoms with Gasteiger partial charge in [-0.2, -0.15) is 4.39 Å². The number of unbranched alkanes of at least 4 members (excludes halogenated alkanes) is 3. The molecule has 0 bridgehead atoms. The molecule has 1 nitrogen and oxygen atoms in total. The fraction of sp³-hybridized carbons (Fsp3) is 0.512. The Balaban J connectivity index is 1.18. The Morgan fingerprint density at radius 1 is 0.652 bits per heavy atom. The van der Waals surface area contributed by atoms with Gasteiger partial charge in [0.05, 0.1) is 6.61 Å². The minimum absolute atomic E-state index is 0.0421. The van der Waals surface area contributed by atoms with Gasteiger partial charge in [0.2, 0.25) is 5.82 Å². The van der Waals surface area contributed by atoms with E-state index >= 15 is 8.78 Å². The second-order valence-electron chi connectivity index (χ2n) is 13.6. The first-order chi connectivity index (χ1) is 22.4. The molecule has 2 aliphatic carbocycles. The quantitative estimate of drug-likeness (QED) is 0.103. The lowest BCUT2D eigenvalue weighted by Gasteiger charge is -2.38. The predicted molar refractivity (Wildman–Crippen MR) is 181 cm³/mol. The highest BCUT2D eigenvalue weighted by Crippen LogP contribution is 2.45. The van der Waals surface area contributed by atoms with Crippen LogP contribution in [0.3, 0.4) is 0 Å². The third kappa shape index (κ3) is 8.25. The van der Waals surface area contributed by atoms with Crippen LogP contribution in [-0.2, 0) is 0 Å². The van der Waals surface area contributed by atoms with E-state index in [2.05, 4.69) is 26.0 Å². The molecule has 0 saturated heterocycles. The SMILES string of the molecule is CC=CCCC1CCC(C2CCC(c3ccc(-c4ccc(-c5ccc(OCCCCCC)c(F)c5F)cc4)c(F)c3F)CC2)CC1. The van der Waals surface area contributed by atoms with E-state index in [4.69, 9.17) is 4.74 Å². The summed E-state index contributed by atoms with van der Waals surface area (Å²) in [6.45, 7) is 4.53.